The third kappa shape index (κ3) is 2.82. The highest BCUT2D eigenvalue weighted by Crippen LogP contribution is 2.25. The average Bonchev–Trinajstić information content (AvgIpc) is 2.35. The van der Waals surface area contributed by atoms with E-state index in [-0.39, 0.29) is 35.0 Å². The Kier molecular flexibility index (Phi) is 3.66. The van der Waals surface area contributed by atoms with Gasteiger partial charge in [-0.05, 0) is 18.9 Å². The molecule has 1 saturated carbocycles. The molecule has 1 amide bonds. The van der Waals surface area contributed by atoms with E-state index in [9.17, 15) is 14.9 Å². The molecule has 0 aliphatic heterocycles. The number of nitro benzene ring substituents is 1. The van der Waals surface area contributed by atoms with Gasteiger partial charge in [0.25, 0.3) is 11.6 Å². The van der Waals surface area contributed by atoms with Crippen LogP contribution in [0.15, 0.2) is 18.2 Å². The largest absolute Gasteiger partial charge is 0.496 e. The van der Waals surface area contributed by atoms with Gasteiger partial charge in [-0.25, -0.2) is 0 Å². The number of rotatable bonds is 4. The number of nitro groups is 1. The maximum Gasteiger partial charge on any atom is 0.273 e. The van der Waals surface area contributed by atoms with Crippen molar-refractivity contribution in [2.45, 2.75) is 24.9 Å². The number of nitrogens with one attached hydrogen (secondary N) is 1. The van der Waals surface area contributed by atoms with Crippen LogP contribution in [0.2, 0.25) is 0 Å². The first kappa shape index (κ1) is 13.3. The summed E-state index contributed by atoms with van der Waals surface area (Å²) in [6.07, 6.45) is 1.50. The number of ether oxygens (including phenoxy) is 1. The van der Waals surface area contributed by atoms with Gasteiger partial charge < -0.3 is 15.8 Å². The van der Waals surface area contributed by atoms with Gasteiger partial charge in [0.15, 0.2) is 0 Å². The van der Waals surface area contributed by atoms with E-state index in [4.69, 9.17) is 10.5 Å². The molecule has 19 heavy (non-hydrogen) atoms. The molecule has 0 saturated heterocycles. The second-order valence-electron chi connectivity index (χ2n) is 4.54. The minimum atomic E-state index is -0.533. The second-order valence-corrected chi connectivity index (χ2v) is 4.54. The number of benzene rings is 1. The van der Waals surface area contributed by atoms with E-state index in [1.165, 1.54) is 25.3 Å². The number of nitrogens with two attached hydrogens (primary N) is 1. The SMILES string of the molecule is COc1cc([N+](=O)[O-])ccc1C(=O)NC1CC(N)C1. The molecule has 0 heterocycles. The highest BCUT2D eigenvalue weighted by molar-refractivity contribution is 5.97. The summed E-state index contributed by atoms with van der Waals surface area (Å²) >= 11 is 0. The topological polar surface area (TPSA) is 107 Å². The van der Waals surface area contributed by atoms with E-state index in [1.807, 2.05) is 0 Å². The molecule has 0 bridgehead atoms. The third-order valence-electron chi connectivity index (χ3n) is 3.15. The van der Waals surface area contributed by atoms with Crippen LogP contribution in [0, 0.1) is 10.1 Å². The van der Waals surface area contributed by atoms with Crippen LogP contribution in [0.25, 0.3) is 0 Å². The van der Waals surface area contributed by atoms with Gasteiger partial charge in [0, 0.05) is 18.2 Å². The molecule has 7 heteroatoms. The van der Waals surface area contributed by atoms with E-state index in [1.54, 1.807) is 0 Å². The van der Waals surface area contributed by atoms with Crippen LogP contribution >= 0.6 is 0 Å². The summed E-state index contributed by atoms with van der Waals surface area (Å²) in [4.78, 5) is 22.1. The number of amides is 1. The summed E-state index contributed by atoms with van der Waals surface area (Å²) < 4.78 is 5.02. The van der Waals surface area contributed by atoms with Crippen LogP contribution in [0.1, 0.15) is 23.2 Å². The van der Waals surface area contributed by atoms with Gasteiger partial charge in [-0.15, -0.1) is 0 Å². The summed E-state index contributed by atoms with van der Waals surface area (Å²) in [6, 6.07) is 4.13. The Hall–Kier alpha value is -2.15. The van der Waals surface area contributed by atoms with Crippen LogP contribution in [0.3, 0.4) is 0 Å². The van der Waals surface area contributed by atoms with Crippen molar-refractivity contribution >= 4 is 11.6 Å². The van der Waals surface area contributed by atoms with Gasteiger partial charge in [0.05, 0.1) is 23.7 Å². The van der Waals surface area contributed by atoms with Gasteiger partial charge >= 0.3 is 0 Å². The zero-order valence-electron chi connectivity index (χ0n) is 10.5. The lowest BCUT2D eigenvalue weighted by atomic mass is 9.87. The molecule has 102 valence electrons. The number of hydrogen-bond donors (Lipinski definition) is 2. The van der Waals surface area contributed by atoms with Crippen LogP contribution in [-0.2, 0) is 0 Å². The Morgan fingerprint density at radius 3 is 2.74 bits per heavy atom. The summed E-state index contributed by atoms with van der Waals surface area (Å²) in [6.45, 7) is 0. The number of carbonyl (C=O) groups excluding carboxylic acids is 1. The van der Waals surface area contributed by atoms with Crippen molar-refractivity contribution in [1.82, 2.24) is 5.32 Å². The Labute approximate surface area is 109 Å². The molecule has 0 aromatic heterocycles. The quantitative estimate of drug-likeness (QED) is 0.619. The highest BCUT2D eigenvalue weighted by Gasteiger charge is 2.28. The molecule has 0 atom stereocenters. The van der Waals surface area contributed by atoms with Gasteiger partial charge in [0.2, 0.25) is 0 Å². The lowest BCUT2D eigenvalue weighted by molar-refractivity contribution is -0.384. The minimum Gasteiger partial charge on any atom is -0.496 e. The standard InChI is InChI=1S/C12H15N3O4/c1-19-11-6-9(15(17)18)2-3-10(11)12(16)14-8-4-7(13)5-8/h2-3,6-8H,4-5,13H2,1H3,(H,14,16). The molecule has 2 rings (SSSR count). The highest BCUT2D eigenvalue weighted by atomic mass is 16.6. The first-order valence-corrected chi connectivity index (χ1v) is 5.90. The van der Waals surface area contributed by atoms with E-state index in [0.29, 0.717) is 0 Å². The predicted molar refractivity (Wildman–Crippen MR) is 68.1 cm³/mol. The number of nitrogens with zero attached hydrogens (tertiary/aromatic N) is 1. The van der Waals surface area contributed by atoms with Gasteiger partial charge in [-0.3, -0.25) is 14.9 Å². The van der Waals surface area contributed by atoms with E-state index in [2.05, 4.69) is 5.32 Å². The first-order chi connectivity index (χ1) is 9.01. The molecule has 7 nitrogen and oxygen atoms in total. The van der Waals surface area contributed by atoms with Gasteiger partial charge in [-0.1, -0.05) is 0 Å². The average molecular weight is 265 g/mol. The zero-order chi connectivity index (χ0) is 14.0. The molecule has 1 aromatic rings. The van der Waals surface area contributed by atoms with Crippen molar-refractivity contribution in [1.29, 1.82) is 0 Å². The Morgan fingerprint density at radius 1 is 1.53 bits per heavy atom. The smallest absolute Gasteiger partial charge is 0.273 e. The molecule has 1 aliphatic carbocycles. The molecule has 0 spiro atoms. The van der Waals surface area contributed by atoms with Crippen LogP contribution in [-0.4, -0.2) is 30.0 Å². The summed E-state index contributed by atoms with van der Waals surface area (Å²) in [5, 5.41) is 13.5. The molecular formula is C12H15N3O4. The predicted octanol–water partition coefficient (Wildman–Crippen LogP) is 0.823. The molecule has 0 radical (unpaired) electrons. The summed E-state index contributed by atoms with van der Waals surface area (Å²) in [5.74, 6) is -0.112. The van der Waals surface area contributed by atoms with Crippen molar-refractivity contribution in [2.24, 2.45) is 5.73 Å². The van der Waals surface area contributed by atoms with Gasteiger partial charge in [-0.2, -0.15) is 0 Å². The lowest BCUT2D eigenvalue weighted by Crippen LogP contribution is -2.50. The summed E-state index contributed by atoms with van der Waals surface area (Å²) in [7, 11) is 1.37. The Morgan fingerprint density at radius 2 is 2.21 bits per heavy atom. The molecule has 1 fully saturated rings. The molecule has 3 N–H and O–H groups in total. The van der Waals surface area contributed by atoms with Crippen molar-refractivity contribution in [3.63, 3.8) is 0 Å². The number of carbonyl (C=O) groups is 1. The van der Waals surface area contributed by atoms with Crippen molar-refractivity contribution < 1.29 is 14.5 Å². The lowest BCUT2D eigenvalue weighted by Gasteiger charge is -2.33. The van der Waals surface area contributed by atoms with Gasteiger partial charge in [0.1, 0.15) is 5.75 Å². The fraction of sp³-hybridized carbons (Fsp3) is 0.417. The Bertz CT molecular complexity index is 512. The van der Waals surface area contributed by atoms with Crippen LogP contribution in [0.5, 0.6) is 5.75 Å². The molecule has 1 aliphatic rings. The van der Waals surface area contributed by atoms with Crippen molar-refractivity contribution in [3.05, 3.63) is 33.9 Å². The van der Waals surface area contributed by atoms with Crippen molar-refractivity contribution in [3.8, 4) is 5.75 Å². The molecular weight excluding hydrogens is 250 g/mol. The van der Waals surface area contributed by atoms with E-state index >= 15 is 0 Å². The Balaban J connectivity index is 2.14. The fourth-order valence-electron chi connectivity index (χ4n) is 2.02. The van der Waals surface area contributed by atoms with E-state index < -0.39 is 4.92 Å². The van der Waals surface area contributed by atoms with Crippen molar-refractivity contribution in [2.75, 3.05) is 7.11 Å². The minimum absolute atomic E-state index is 0.0717. The fourth-order valence-corrected chi connectivity index (χ4v) is 2.02. The molecule has 1 aromatic carbocycles. The number of hydrogen-bond acceptors (Lipinski definition) is 5. The van der Waals surface area contributed by atoms with Crippen LogP contribution < -0.4 is 15.8 Å². The summed E-state index contributed by atoms with van der Waals surface area (Å²) in [5.41, 5.74) is 5.82. The first-order valence-electron chi connectivity index (χ1n) is 5.90. The van der Waals surface area contributed by atoms with E-state index in [0.717, 1.165) is 12.8 Å². The second kappa shape index (κ2) is 5.23. The number of methoxy groups -OCH3 is 1. The molecule has 0 unspecified atom stereocenters. The normalized spacial score (nSPS) is 21.4. The number of non-ortho nitro benzene ring substituents is 1. The zero-order valence-corrected chi connectivity index (χ0v) is 10.5. The van der Waals surface area contributed by atoms with Crippen LogP contribution in [0.4, 0.5) is 5.69 Å². The monoisotopic (exact) mass is 265 g/mol. The third-order valence-corrected chi connectivity index (χ3v) is 3.15. The maximum atomic E-state index is 12.0. The maximum absolute atomic E-state index is 12.0.